The summed E-state index contributed by atoms with van der Waals surface area (Å²) < 4.78 is 5.89. The van der Waals surface area contributed by atoms with E-state index >= 15 is 0 Å². The van der Waals surface area contributed by atoms with E-state index in [2.05, 4.69) is 16.7 Å². The molecule has 6 heteroatoms. The third kappa shape index (κ3) is 6.61. The van der Waals surface area contributed by atoms with Gasteiger partial charge in [0.25, 0.3) is 0 Å². The lowest BCUT2D eigenvalue weighted by molar-refractivity contribution is 0.0707. The maximum absolute atomic E-state index is 10.2. The maximum Gasteiger partial charge on any atom is 0.123 e. The molecule has 0 radical (unpaired) electrons. The molecule has 1 aliphatic rings. The Balaban J connectivity index is 1.84. The smallest absolute Gasteiger partial charge is 0.123 e. The molecule has 1 heterocycles. The number of hydrogen-bond donors (Lipinski definition) is 2. The van der Waals surface area contributed by atoms with E-state index in [1.807, 2.05) is 36.0 Å². The van der Waals surface area contributed by atoms with Crippen LogP contribution in [0.1, 0.15) is 12.5 Å². The van der Waals surface area contributed by atoms with Crippen molar-refractivity contribution in [1.29, 1.82) is 0 Å². The number of ether oxygens (including phenoxy) is 1. The van der Waals surface area contributed by atoms with Crippen LogP contribution in [0.5, 0.6) is 5.75 Å². The van der Waals surface area contributed by atoms with Crippen LogP contribution in [0.3, 0.4) is 0 Å². The number of benzene rings is 1. The maximum atomic E-state index is 10.2. The van der Waals surface area contributed by atoms with Gasteiger partial charge in [0, 0.05) is 49.8 Å². The van der Waals surface area contributed by atoms with Crippen molar-refractivity contribution in [3.63, 3.8) is 0 Å². The second kappa shape index (κ2) is 10.9. The summed E-state index contributed by atoms with van der Waals surface area (Å²) in [6.45, 7) is 7.60. The number of para-hydroxylation sites is 1. The average Bonchev–Trinajstić information content (AvgIpc) is 2.61. The van der Waals surface area contributed by atoms with Crippen molar-refractivity contribution in [2.45, 2.75) is 19.6 Å². The molecule has 0 bridgehead atoms. The van der Waals surface area contributed by atoms with Crippen molar-refractivity contribution in [3.8, 4) is 5.75 Å². The van der Waals surface area contributed by atoms with Gasteiger partial charge < -0.3 is 14.9 Å². The Hall–Kier alpha value is -0.790. The Morgan fingerprint density at radius 2 is 2.04 bits per heavy atom. The predicted molar refractivity (Wildman–Crippen MR) is 99.7 cm³/mol. The van der Waals surface area contributed by atoms with Crippen LogP contribution in [-0.2, 0) is 6.54 Å². The van der Waals surface area contributed by atoms with Gasteiger partial charge in [-0.05, 0) is 12.6 Å². The minimum absolute atomic E-state index is 0.156. The van der Waals surface area contributed by atoms with Crippen LogP contribution >= 0.6 is 11.8 Å². The molecule has 1 aromatic carbocycles. The molecular formula is C18H30N2O3S. The highest BCUT2D eigenvalue weighted by atomic mass is 32.2. The number of nitrogens with zero attached hydrogens (tertiary/aromatic N) is 2. The number of rotatable bonds is 10. The molecule has 1 aromatic rings. The van der Waals surface area contributed by atoms with Gasteiger partial charge in [-0.15, -0.1) is 0 Å². The first-order chi connectivity index (χ1) is 11.7. The molecule has 1 saturated heterocycles. The number of thioether (sulfide) groups is 1. The van der Waals surface area contributed by atoms with E-state index in [4.69, 9.17) is 9.84 Å². The topological polar surface area (TPSA) is 56.2 Å². The fraction of sp³-hybridized carbons (Fsp3) is 0.667. The summed E-state index contributed by atoms with van der Waals surface area (Å²) in [6.07, 6.45) is -0.471. The summed E-state index contributed by atoms with van der Waals surface area (Å²) in [6, 6.07) is 7.95. The Kier molecular flexibility index (Phi) is 8.91. The standard InChI is InChI=1S/C18H30N2O3S/c1-2-19(7-10-21)13-16-5-3-4-6-18(16)23-15-17(22)14-20-8-11-24-12-9-20/h3-6,17,21-22H,2,7-15H2,1H3/t17-/m0/s1. The van der Waals surface area contributed by atoms with Crippen LogP contribution in [0.15, 0.2) is 24.3 Å². The highest BCUT2D eigenvalue weighted by Crippen LogP contribution is 2.20. The van der Waals surface area contributed by atoms with Crippen molar-refractivity contribution in [2.24, 2.45) is 0 Å². The predicted octanol–water partition coefficient (Wildman–Crippen LogP) is 1.29. The van der Waals surface area contributed by atoms with Crippen molar-refractivity contribution >= 4 is 11.8 Å². The van der Waals surface area contributed by atoms with E-state index < -0.39 is 6.10 Å². The number of β-amino-alcohol motifs (C(OH)–C–C–N with tert-alkyl or cyclic N) is 1. The Morgan fingerprint density at radius 1 is 1.29 bits per heavy atom. The second-order valence-electron chi connectivity index (χ2n) is 6.08. The largest absolute Gasteiger partial charge is 0.491 e. The van der Waals surface area contributed by atoms with Crippen molar-refractivity contribution in [2.75, 3.05) is 57.4 Å². The molecular weight excluding hydrogens is 324 g/mol. The molecule has 1 fully saturated rings. The molecule has 24 heavy (non-hydrogen) atoms. The van der Waals surface area contributed by atoms with E-state index in [1.54, 1.807) is 0 Å². The van der Waals surface area contributed by atoms with Gasteiger partial charge in [0.05, 0.1) is 6.61 Å². The molecule has 0 aromatic heterocycles. The van der Waals surface area contributed by atoms with Crippen molar-refractivity contribution in [3.05, 3.63) is 29.8 Å². The lowest BCUT2D eigenvalue weighted by atomic mass is 10.2. The van der Waals surface area contributed by atoms with Gasteiger partial charge in [-0.25, -0.2) is 0 Å². The van der Waals surface area contributed by atoms with E-state index in [0.29, 0.717) is 19.7 Å². The zero-order valence-corrected chi connectivity index (χ0v) is 15.4. The SMILES string of the molecule is CCN(CCO)Cc1ccccc1OC[C@@H](O)CN1CCSCC1. The molecule has 0 saturated carbocycles. The molecule has 1 atom stereocenters. The Bertz CT molecular complexity index is 469. The summed E-state index contributed by atoms with van der Waals surface area (Å²) in [7, 11) is 0. The summed E-state index contributed by atoms with van der Waals surface area (Å²) in [4.78, 5) is 4.47. The molecule has 2 rings (SSSR count). The summed E-state index contributed by atoms with van der Waals surface area (Å²) >= 11 is 1.97. The van der Waals surface area contributed by atoms with Gasteiger partial charge in [0.15, 0.2) is 0 Å². The van der Waals surface area contributed by atoms with Crippen LogP contribution in [0.4, 0.5) is 0 Å². The summed E-state index contributed by atoms with van der Waals surface area (Å²) in [5.41, 5.74) is 1.09. The van der Waals surface area contributed by atoms with Crippen molar-refractivity contribution < 1.29 is 14.9 Å². The lowest BCUT2D eigenvalue weighted by Crippen LogP contribution is -2.40. The van der Waals surface area contributed by atoms with Gasteiger partial charge in [0.2, 0.25) is 0 Å². The highest BCUT2D eigenvalue weighted by molar-refractivity contribution is 7.99. The Morgan fingerprint density at radius 3 is 2.75 bits per heavy atom. The first kappa shape index (κ1) is 19.5. The number of hydrogen-bond acceptors (Lipinski definition) is 6. The fourth-order valence-electron chi connectivity index (χ4n) is 2.83. The number of likely N-dealkylation sites (N-methyl/N-ethyl adjacent to an activating group) is 1. The van der Waals surface area contributed by atoms with Crippen LogP contribution in [0, 0.1) is 0 Å². The minimum Gasteiger partial charge on any atom is -0.491 e. The summed E-state index contributed by atoms with van der Waals surface area (Å²) in [5, 5.41) is 19.4. The van der Waals surface area contributed by atoms with Crippen LogP contribution < -0.4 is 4.74 Å². The van der Waals surface area contributed by atoms with E-state index in [9.17, 15) is 5.11 Å². The van der Waals surface area contributed by atoms with E-state index in [1.165, 1.54) is 0 Å². The molecule has 2 N–H and O–H groups in total. The van der Waals surface area contributed by atoms with Gasteiger partial charge in [-0.1, -0.05) is 25.1 Å². The number of aliphatic hydroxyl groups excluding tert-OH is 2. The minimum atomic E-state index is -0.471. The number of aliphatic hydroxyl groups is 2. The van der Waals surface area contributed by atoms with Gasteiger partial charge >= 0.3 is 0 Å². The highest BCUT2D eigenvalue weighted by Gasteiger charge is 2.16. The van der Waals surface area contributed by atoms with Crippen molar-refractivity contribution in [1.82, 2.24) is 9.80 Å². The molecule has 5 nitrogen and oxygen atoms in total. The van der Waals surface area contributed by atoms with E-state index in [-0.39, 0.29) is 6.61 Å². The molecule has 1 aliphatic heterocycles. The third-order valence-corrected chi connectivity index (χ3v) is 5.18. The molecule has 136 valence electrons. The molecule has 0 amide bonds. The normalized spacial score (nSPS) is 17.2. The van der Waals surface area contributed by atoms with Crippen LogP contribution in [-0.4, -0.2) is 83.6 Å². The van der Waals surface area contributed by atoms with Gasteiger partial charge in [-0.3, -0.25) is 9.80 Å². The molecule has 0 unspecified atom stereocenters. The van der Waals surface area contributed by atoms with Gasteiger partial charge in [0.1, 0.15) is 18.5 Å². The van der Waals surface area contributed by atoms with E-state index in [0.717, 1.165) is 49.0 Å². The monoisotopic (exact) mass is 354 g/mol. The quantitative estimate of drug-likeness (QED) is 0.660. The van der Waals surface area contributed by atoms with Crippen LogP contribution in [0.2, 0.25) is 0 Å². The zero-order valence-electron chi connectivity index (χ0n) is 14.6. The van der Waals surface area contributed by atoms with Crippen LogP contribution in [0.25, 0.3) is 0 Å². The first-order valence-electron chi connectivity index (χ1n) is 8.75. The molecule has 0 aliphatic carbocycles. The fourth-order valence-corrected chi connectivity index (χ4v) is 3.81. The lowest BCUT2D eigenvalue weighted by Gasteiger charge is -2.28. The zero-order chi connectivity index (χ0) is 17.2. The average molecular weight is 355 g/mol. The summed E-state index contributed by atoms with van der Waals surface area (Å²) in [5.74, 6) is 3.12. The Labute approximate surface area is 149 Å². The first-order valence-corrected chi connectivity index (χ1v) is 9.90. The van der Waals surface area contributed by atoms with Gasteiger partial charge in [-0.2, -0.15) is 11.8 Å². The molecule has 0 spiro atoms. The third-order valence-electron chi connectivity index (χ3n) is 4.23. The second-order valence-corrected chi connectivity index (χ2v) is 7.30.